The number of para-hydroxylation sites is 1. The van der Waals surface area contributed by atoms with Crippen molar-refractivity contribution >= 4 is 23.4 Å². The lowest BCUT2D eigenvalue weighted by Crippen LogP contribution is -2.50. The van der Waals surface area contributed by atoms with Crippen LogP contribution in [-0.2, 0) is 9.53 Å². The van der Waals surface area contributed by atoms with E-state index < -0.39 is 17.7 Å². The van der Waals surface area contributed by atoms with Crippen molar-refractivity contribution in [3.63, 3.8) is 0 Å². The van der Waals surface area contributed by atoms with Crippen molar-refractivity contribution in [2.45, 2.75) is 46.3 Å². The van der Waals surface area contributed by atoms with Crippen LogP contribution >= 0.6 is 0 Å². The molecule has 0 saturated carbocycles. The number of alkyl carbamates (subject to hydrolysis) is 1. The molecule has 0 spiro atoms. The van der Waals surface area contributed by atoms with E-state index in [1.54, 1.807) is 52.2 Å². The molecule has 2 N–H and O–H groups in total. The minimum Gasteiger partial charge on any atom is -0.444 e. The predicted molar refractivity (Wildman–Crippen MR) is 105 cm³/mol. The van der Waals surface area contributed by atoms with Gasteiger partial charge in [-0.1, -0.05) is 18.2 Å². The SMILES string of the molecule is Cc1ccccc1NN(C(=O)[C@H](C)NC(=O)OC(C)(C)C)c1cccnc1. The molecular weight excluding hydrogens is 344 g/mol. The van der Waals surface area contributed by atoms with Gasteiger partial charge in [-0.15, -0.1) is 0 Å². The first-order valence-corrected chi connectivity index (χ1v) is 8.73. The van der Waals surface area contributed by atoms with Crippen molar-refractivity contribution in [3.05, 3.63) is 54.4 Å². The van der Waals surface area contributed by atoms with E-state index in [2.05, 4.69) is 15.7 Å². The summed E-state index contributed by atoms with van der Waals surface area (Å²) in [6.07, 6.45) is 2.55. The summed E-state index contributed by atoms with van der Waals surface area (Å²) in [6.45, 7) is 8.84. The Hall–Kier alpha value is -3.09. The zero-order valence-corrected chi connectivity index (χ0v) is 16.3. The van der Waals surface area contributed by atoms with Gasteiger partial charge in [-0.25, -0.2) is 9.80 Å². The Kier molecular flexibility index (Phi) is 6.39. The van der Waals surface area contributed by atoms with Crippen molar-refractivity contribution in [2.75, 3.05) is 10.4 Å². The van der Waals surface area contributed by atoms with E-state index in [0.29, 0.717) is 5.69 Å². The number of hydrogen-bond donors (Lipinski definition) is 2. The number of pyridine rings is 1. The number of aryl methyl sites for hydroxylation is 1. The molecule has 0 aliphatic carbocycles. The van der Waals surface area contributed by atoms with Crippen LogP contribution in [0.4, 0.5) is 16.2 Å². The largest absolute Gasteiger partial charge is 0.444 e. The Morgan fingerprint density at radius 3 is 2.44 bits per heavy atom. The summed E-state index contributed by atoms with van der Waals surface area (Å²) < 4.78 is 5.23. The molecule has 7 heteroatoms. The van der Waals surface area contributed by atoms with Gasteiger partial charge in [0.25, 0.3) is 5.91 Å². The first-order chi connectivity index (χ1) is 12.7. The number of anilines is 2. The topological polar surface area (TPSA) is 83.6 Å². The van der Waals surface area contributed by atoms with Gasteiger partial charge in [0.15, 0.2) is 0 Å². The fourth-order valence-electron chi connectivity index (χ4n) is 2.29. The molecule has 7 nitrogen and oxygen atoms in total. The smallest absolute Gasteiger partial charge is 0.408 e. The van der Waals surface area contributed by atoms with Crippen LogP contribution in [0.15, 0.2) is 48.8 Å². The number of carbonyl (C=O) groups excluding carboxylic acids is 2. The summed E-state index contributed by atoms with van der Waals surface area (Å²) in [7, 11) is 0. The van der Waals surface area contributed by atoms with Crippen molar-refractivity contribution < 1.29 is 14.3 Å². The van der Waals surface area contributed by atoms with Crippen LogP contribution in [0.3, 0.4) is 0 Å². The summed E-state index contributed by atoms with van der Waals surface area (Å²) in [4.78, 5) is 29.1. The normalized spacial score (nSPS) is 12.0. The third-order valence-corrected chi connectivity index (χ3v) is 3.61. The molecule has 2 rings (SSSR count). The average Bonchev–Trinajstić information content (AvgIpc) is 2.59. The molecule has 144 valence electrons. The number of aromatic nitrogens is 1. The maximum Gasteiger partial charge on any atom is 0.408 e. The molecule has 1 atom stereocenters. The van der Waals surface area contributed by atoms with Gasteiger partial charge in [0.1, 0.15) is 11.6 Å². The molecule has 1 heterocycles. The molecule has 2 amide bonds. The average molecular weight is 370 g/mol. The molecule has 0 aliphatic heterocycles. The molecule has 0 bridgehead atoms. The second-order valence-electron chi connectivity index (χ2n) is 7.18. The van der Waals surface area contributed by atoms with Gasteiger partial charge in [-0.05, 0) is 58.4 Å². The standard InChI is InChI=1S/C20H26N4O3/c1-14-9-6-7-11-17(14)23-24(16-10-8-12-21-13-16)18(25)15(2)22-19(26)27-20(3,4)5/h6-13,15,23H,1-5H3,(H,22,26)/t15-/m0/s1. The molecule has 0 radical (unpaired) electrons. The van der Waals surface area contributed by atoms with Crippen LogP contribution in [0.2, 0.25) is 0 Å². The number of benzene rings is 1. The third kappa shape index (κ3) is 5.99. The van der Waals surface area contributed by atoms with Gasteiger partial charge < -0.3 is 10.1 Å². The number of nitrogens with one attached hydrogen (secondary N) is 2. The lowest BCUT2D eigenvalue weighted by molar-refractivity contribution is -0.120. The van der Waals surface area contributed by atoms with Crippen molar-refractivity contribution in [3.8, 4) is 0 Å². The second kappa shape index (κ2) is 8.53. The van der Waals surface area contributed by atoms with Gasteiger partial charge in [-0.2, -0.15) is 0 Å². The van der Waals surface area contributed by atoms with Gasteiger partial charge in [0.2, 0.25) is 0 Å². The number of ether oxygens (including phenoxy) is 1. The monoisotopic (exact) mass is 370 g/mol. The minimum atomic E-state index is -0.809. The first kappa shape index (κ1) is 20.2. The van der Waals surface area contributed by atoms with Gasteiger partial charge in [-0.3, -0.25) is 15.2 Å². The fraction of sp³-hybridized carbons (Fsp3) is 0.350. The van der Waals surface area contributed by atoms with Crippen LogP contribution in [0.25, 0.3) is 0 Å². The van der Waals surface area contributed by atoms with E-state index in [1.165, 1.54) is 5.01 Å². The molecular formula is C20H26N4O3. The number of hydrogen-bond acceptors (Lipinski definition) is 5. The van der Waals surface area contributed by atoms with Crippen molar-refractivity contribution in [1.82, 2.24) is 10.3 Å². The van der Waals surface area contributed by atoms with Crippen LogP contribution in [0.1, 0.15) is 33.3 Å². The summed E-state index contributed by atoms with van der Waals surface area (Å²) in [5.41, 5.74) is 4.79. The third-order valence-electron chi connectivity index (χ3n) is 3.61. The van der Waals surface area contributed by atoms with Crippen LogP contribution in [0, 0.1) is 6.92 Å². The fourth-order valence-corrected chi connectivity index (χ4v) is 2.29. The Morgan fingerprint density at radius 2 is 1.85 bits per heavy atom. The summed E-state index contributed by atoms with van der Waals surface area (Å²) in [5.74, 6) is -0.350. The van der Waals surface area contributed by atoms with Crippen LogP contribution < -0.4 is 15.8 Å². The Morgan fingerprint density at radius 1 is 1.15 bits per heavy atom. The highest BCUT2D eigenvalue weighted by atomic mass is 16.6. The highest BCUT2D eigenvalue weighted by molar-refractivity contribution is 6.00. The molecule has 0 aliphatic rings. The number of hydrazine groups is 1. The van der Waals surface area contributed by atoms with E-state index in [-0.39, 0.29) is 5.91 Å². The van der Waals surface area contributed by atoms with E-state index in [0.717, 1.165) is 11.3 Å². The quantitative estimate of drug-likeness (QED) is 0.785. The lowest BCUT2D eigenvalue weighted by Gasteiger charge is -2.28. The maximum absolute atomic E-state index is 13.0. The highest BCUT2D eigenvalue weighted by Gasteiger charge is 2.26. The molecule has 1 aromatic heterocycles. The van der Waals surface area contributed by atoms with E-state index in [4.69, 9.17) is 4.74 Å². The van der Waals surface area contributed by atoms with Crippen molar-refractivity contribution in [1.29, 1.82) is 0 Å². The Balaban J connectivity index is 2.21. The summed E-state index contributed by atoms with van der Waals surface area (Å²) >= 11 is 0. The molecule has 0 saturated heterocycles. The molecule has 1 aromatic carbocycles. The predicted octanol–water partition coefficient (Wildman–Crippen LogP) is 3.66. The lowest BCUT2D eigenvalue weighted by atomic mass is 10.2. The van der Waals surface area contributed by atoms with E-state index in [1.807, 2.05) is 31.2 Å². The number of carbonyl (C=O) groups is 2. The second-order valence-corrected chi connectivity index (χ2v) is 7.18. The zero-order chi connectivity index (χ0) is 20.0. The van der Waals surface area contributed by atoms with E-state index in [9.17, 15) is 9.59 Å². The van der Waals surface area contributed by atoms with Gasteiger partial charge >= 0.3 is 6.09 Å². The summed E-state index contributed by atoms with van der Waals surface area (Å²) in [5, 5.41) is 3.95. The van der Waals surface area contributed by atoms with Crippen LogP contribution in [0.5, 0.6) is 0 Å². The number of nitrogens with zero attached hydrogens (tertiary/aromatic N) is 2. The molecule has 0 fully saturated rings. The molecule has 2 aromatic rings. The van der Waals surface area contributed by atoms with Crippen molar-refractivity contribution in [2.24, 2.45) is 0 Å². The number of rotatable bonds is 5. The Bertz CT molecular complexity index is 787. The van der Waals surface area contributed by atoms with E-state index >= 15 is 0 Å². The van der Waals surface area contributed by atoms with Gasteiger partial charge in [0, 0.05) is 6.20 Å². The molecule has 27 heavy (non-hydrogen) atoms. The summed E-state index contributed by atoms with van der Waals surface area (Å²) in [6, 6.07) is 10.3. The number of amides is 2. The first-order valence-electron chi connectivity index (χ1n) is 8.73. The van der Waals surface area contributed by atoms with Gasteiger partial charge in [0.05, 0.1) is 17.6 Å². The van der Waals surface area contributed by atoms with Crippen LogP contribution in [-0.4, -0.2) is 28.6 Å². The minimum absolute atomic E-state index is 0.350. The zero-order valence-electron chi connectivity index (χ0n) is 16.3. The molecule has 0 unspecified atom stereocenters. The Labute approximate surface area is 159 Å². The maximum atomic E-state index is 13.0. The highest BCUT2D eigenvalue weighted by Crippen LogP contribution is 2.19.